The van der Waals surface area contributed by atoms with Crippen LogP contribution in [-0.4, -0.2) is 5.78 Å². The van der Waals surface area contributed by atoms with E-state index in [2.05, 4.69) is 15.9 Å². The Labute approximate surface area is 127 Å². The van der Waals surface area contributed by atoms with Gasteiger partial charge in [0.2, 0.25) is 5.82 Å². The Bertz CT molecular complexity index is 689. The van der Waals surface area contributed by atoms with Crippen molar-refractivity contribution >= 4 is 33.3 Å². The van der Waals surface area contributed by atoms with Crippen molar-refractivity contribution < 1.29 is 18.3 Å². The molecule has 2 aromatic rings. The van der Waals surface area contributed by atoms with E-state index in [1.165, 1.54) is 31.2 Å². The maximum absolute atomic E-state index is 13.6. The molecule has 0 heterocycles. The fourth-order valence-corrected chi connectivity index (χ4v) is 2.16. The van der Waals surface area contributed by atoms with Crippen LogP contribution in [0, 0.1) is 11.6 Å². The highest BCUT2D eigenvalue weighted by molar-refractivity contribution is 9.10. The summed E-state index contributed by atoms with van der Waals surface area (Å²) in [6, 6.07) is 6.61. The van der Waals surface area contributed by atoms with Gasteiger partial charge < -0.3 is 4.74 Å². The van der Waals surface area contributed by atoms with Crippen LogP contribution in [0.2, 0.25) is 5.02 Å². The van der Waals surface area contributed by atoms with Crippen molar-refractivity contribution in [2.45, 2.75) is 6.92 Å². The van der Waals surface area contributed by atoms with E-state index >= 15 is 0 Å². The Hall–Kier alpha value is -1.46. The van der Waals surface area contributed by atoms with E-state index in [9.17, 15) is 13.6 Å². The second kappa shape index (κ2) is 5.89. The fourth-order valence-electron chi connectivity index (χ4n) is 1.53. The average Bonchev–Trinajstić information content (AvgIpc) is 2.37. The molecule has 2 rings (SSSR count). The van der Waals surface area contributed by atoms with E-state index in [0.717, 1.165) is 6.07 Å². The molecule has 0 bridgehead atoms. The van der Waals surface area contributed by atoms with Crippen molar-refractivity contribution in [3.8, 4) is 11.5 Å². The molecule has 0 aliphatic rings. The van der Waals surface area contributed by atoms with E-state index in [4.69, 9.17) is 16.3 Å². The summed E-state index contributed by atoms with van der Waals surface area (Å²) in [5.74, 6) is -2.47. The van der Waals surface area contributed by atoms with Gasteiger partial charge in [-0.05, 0) is 37.3 Å². The van der Waals surface area contributed by atoms with Crippen LogP contribution in [0.3, 0.4) is 0 Å². The van der Waals surface area contributed by atoms with Gasteiger partial charge in [0, 0.05) is 10.0 Å². The SMILES string of the molecule is CC(=O)c1ccc(Oc2cc(Br)cc(F)c2F)c(Cl)c1. The summed E-state index contributed by atoms with van der Waals surface area (Å²) >= 11 is 9.00. The number of benzene rings is 2. The van der Waals surface area contributed by atoms with Gasteiger partial charge in [0.25, 0.3) is 0 Å². The third-order valence-corrected chi connectivity index (χ3v) is 3.27. The number of hydrogen-bond acceptors (Lipinski definition) is 2. The molecule has 0 saturated heterocycles. The van der Waals surface area contributed by atoms with Crippen LogP contribution in [0.15, 0.2) is 34.8 Å². The molecule has 0 saturated carbocycles. The lowest BCUT2D eigenvalue weighted by molar-refractivity contribution is 0.101. The first-order valence-electron chi connectivity index (χ1n) is 5.51. The average molecular weight is 362 g/mol. The molecule has 0 N–H and O–H groups in total. The molecule has 104 valence electrons. The first kappa shape index (κ1) is 14.9. The molecule has 2 aromatic carbocycles. The van der Waals surface area contributed by atoms with E-state index in [1.807, 2.05) is 0 Å². The molecule has 0 spiro atoms. The highest BCUT2D eigenvalue weighted by atomic mass is 79.9. The summed E-state index contributed by atoms with van der Waals surface area (Å²) in [6.07, 6.45) is 0. The second-order valence-corrected chi connectivity index (χ2v) is 5.33. The van der Waals surface area contributed by atoms with Crippen molar-refractivity contribution in [3.05, 3.63) is 57.0 Å². The first-order valence-corrected chi connectivity index (χ1v) is 6.68. The Balaban J connectivity index is 2.38. The zero-order valence-electron chi connectivity index (χ0n) is 10.2. The van der Waals surface area contributed by atoms with Gasteiger partial charge in [0.1, 0.15) is 5.75 Å². The van der Waals surface area contributed by atoms with Gasteiger partial charge in [-0.1, -0.05) is 27.5 Å². The molecule has 0 fully saturated rings. The number of halogens is 4. The molecular formula is C14H8BrClF2O2. The summed E-state index contributed by atoms with van der Waals surface area (Å²) < 4.78 is 32.4. The number of carbonyl (C=O) groups excluding carboxylic acids is 1. The third kappa shape index (κ3) is 3.16. The molecule has 20 heavy (non-hydrogen) atoms. The molecule has 0 aromatic heterocycles. The van der Waals surface area contributed by atoms with Gasteiger partial charge >= 0.3 is 0 Å². The van der Waals surface area contributed by atoms with Gasteiger partial charge in [-0.2, -0.15) is 4.39 Å². The van der Waals surface area contributed by atoms with E-state index in [1.54, 1.807) is 0 Å². The predicted molar refractivity (Wildman–Crippen MR) is 75.6 cm³/mol. The van der Waals surface area contributed by atoms with Crippen LogP contribution in [0.25, 0.3) is 0 Å². The minimum Gasteiger partial charge on any atom is -0.453 e. The monoisotopic (exact) mass is 360 g/mol. The van der Waals surface area contributed by atoms with Gasteiger partial charge in [-0.3, -0.25) is 4.79 Å². The van der Waals surface area contributed by atoms with Crippen LogP contribution in [0.4, 0.5) is 8.78 Å². The molecule has 6 heteroatoms. The highest BCUT2D eigenvalue weighted by Crippen LogP contribution is 2.34. The van der Waals surface area contributed by atoms with Crippen LogP contribution >= 0.6 is 27.5 Å². The smallest absolute Gasteiger partial charge is 0.201 e. The van der Waals surface area contributed by atoms with E-state index < -0.39 is 11.6 Å². The van der Waals surface area contributed by atoms with Crippen molar-refractivity contribution in [1.29, 1.82) is 0 Å². The number of ketones is 1. The fraction of sp³-hybridized carbons (Fsp3) is 0.0714. The largest absolute Gasteiger partial charge is 0.453 e. The lowest BCUT2D eigenvalue weighted by atomic mass is 10.1. The number of hydrogen-bond donors (Lipinski definition) is 0. The normalized spacial score (nSPS) is 10.4. The zero-order valence-corrected chi connectivity index (χ0v) is 12.6. The number of rotatable bonds is 3. The number of Topliss-reactive ketones (excluding diaryl/α,β-unsaturated/α-hetero) is 1. The zero-order chi connectivity index (χ0) is 14.9. The number of ether oxygens (including phenoxy) is 1. The van der Waals surface area contributed by atoms with Crippen LogP contribution < -0.4 is 4.74 Å². The van der Waals surface area contributed by atoms with Crippen molar-refractivity contribution in [2.75, 3.05) is 0 Å². The van der Waals surface area contributed by atoms with Gasteiger partial charge in [0.05, 0.1) is 5.02 Å². The first-order chi connectivity index (χ1) is 9.38. The van der Waals surface area contributed by atoms with Gasteiger partial charge in [-0.25, -0.2) is 4.39 Å². The maximum Gasteiger partial charge on any atom is 0.201 e. The summed E-state index contributed by atoms with van der Waals surface area (Å²) in [6.45, 7) is 1.40. The summed E-state index contributed by atoms with van der Waals surface area (Å²) in [5, 5.41) is 0.137. The van der Waals surface area contributed by atoms with Crippen molar-refractivity contribution in [1.82, 2.24) is 0 Å². The topological polar surface area (TPSA) is 26.3 Å². The van der Waals surface area contributed by atoms with Gasteiger partial charge in [-0.15, -0.1) is 0 Å². The molecular weight excluding hydrogens is 354 g/mol. The molecule has 2 nitrogen and oxygen atoms in total. The summed E-state index contributed by atoms with van der Waals surface area (Å²) in [5.41, 5.74) is 0.406. The summed E-state index contributed by atoms with van der Waals surface area (Å²) in [4.78, 5) is 11.2. The van der Waals surface area contributed by atoms with Crippen LogP contribution in [-0.2, 0) is 0 Å². The van der Waals surface area contributed by atoms with E-state index in [0.29, 0.717) is 10.0 Å². The molecule has 0 unspecified atom stereocenters. The van der Waals surface area contributed by atoms with E-state index in [-0.39, 0.29) is 22.3 Å². The third-order valence-electron chi connectivity index (χ3n) is 2.52. The van der Waals surface area contributed by atoms with Crippen molar-refractivity contribution in [3.63, 3.8) is 0 Å². The molecule has 0 aliphatic heterocycles. The van der Waals surface area contributed by atoms with Crippen molar-refractivity contribution in [2.24, 2.45) is 0 Å². The Kier molecular flexibility index (Phi) is 4.40. The number of carbonyl (C=O) groups is 1. The van der Waals surface area contributed by atoms with Crippen LogP contribution in [0.5, 0.6) is 11.5 Å². The molecule has 0 atom stereocenters. The quantitative estimate of drug-likeness (QED) is 0.542. The predicted octanol–water partition coefficient (Wildman–Crippen LogP) is 5.38. The Morgan fingerprint density at radius 2 is 1.90 bits per heavy atom. The standard InChI is InChI=1S/C14H8BrClF2O2/c1-7(19)8-2-3-12(10(16)4-8)20-13-6-9(15)5-11(17)14(13)18/h2-6H,1H3. The summed E-state index contributed by atoms with van der Waals surface area (Å²) in [7, 11) is 0. The minimum absolute atomic E-state index is 0.132. The highest BCUT2D eigenvalue weighted by Gasteiger charge is 2.14. The van der Waals surface area contributed by atoms with Gasteiger partial charge in [0.15, 0.2) is 17.3 Å². The maximum atomic E-state index is 13.6. The molecule has 0 aliphatic carbocycles. The lowest BCUT2D eigenvalue weighted by Gasteiger charge is -2.10. The molecule has 0 radical (unpaired) electrons. The second-order valence-electron chi connectivity index (χ2n) is 4.00. The van der Waals surface area contributed by atoms with Crippen LogP contribution in [0.1, 0.15) is 17.3 Å². The minimum atomic E-state index is -1.11. The Morgan fingerprint density at radius 3 is 2.50 bits per heavy atom. The molecule has 0 amide bonds. The Morgan fingerprint density at radius 1 is 1.20 bits per heavy atom. The lowest BCUT2D eigenvalue weighted by Crippen LogP contribution is -1.95.